The predicted octanol–water partition coefficient (Wildman–Crippen LogP) is 5.93. The average molecular weight is 621 g/mol. The molecule has 0 aliphatic heterocycles. The lowest BCUT2D eigenvalue weighted by Crippen LogP contribution is -2.38. The predicted molar refractivity (Wildman–Crippen MR) is 181 cm³/mol. The highest BCUT2D eigenvalue weighted by atomic mass is 16.4. The summed E-state index contributed by atoms with van der Waals surface area (Å²) < 4.78 is 2.06. The minimum absolute atomic E-state index is 0.0429. The first-order valence-corrected chi connectivity index (χ1v) is 15.6. The van der Waals surface area contributed by atoms with Gasteiger partial charge >= 0.3 is 5.97 Å². The van der Waals surface area contributed by atoms with Gasteiger partial charge in [0.15, 0.2) is 0 Å². The van der Waals surface area contributed by atoms with Crippen LogP contribution in [0.2, 0.25) is 0 Å². The van der Waals surface area contributed by atoms with Crippen LogP contribution in [0, 0.1) is 0 Å². The van der Waals surface area contributed by atoms with Crippen LogP contribution in [0.4, 0.5) is 5.69 Å². The largest absolute Gasteiger partial charge is 0.478 e. The number of carbonyl (C=O) groups excluding carboxylic acids is 3. The third kappa shape index (κ3) is 7.20. The first kappa shape index (κ1) is 32.2. The van der Waals surface area contributed by atoms with Crippen LogP contribution in [0.15, 0.2) is 78.9 Å². The molecule has 0 bridgehead atoms. The number of fused-ring (bicyclic) bond motifs is 1. The molecule has 3 aromatic carbocycles. The number of hydrogen-bond donors (Lipinski definition) is 2. The Balaban J connectivity index is 1.43. The van der Waals surface area contributed by atoms with Crippen molar-refractivity contribution in [3.8, 4) is 11.3 Å². The van der Waals surface area contributed by atoms with E-state index in [1.165, 1.54) is 23.0 Å². The summed E-state index contributed by atoms with van der Waals surface area (Å²) in [5, 5.41) is 12.6. The SMILES string of the molecule is CN(C)C(=O)Cn1c(-c2ccccc2)c(C2CCCCC2)c2ccc(C(=O)NCC(=O)N(C)c3ccc(/C=C/C(=O)O)cc3)cc21. The van der Waals surface area contributed by atoms with Crippen molar-refractivity contribution in [2.75, 3.05) is 32.6 Å². The van der Waals surface area contributed by atoms with Crippen LogP contribution in [0.25, 0.3) is 28.2 Å². The molecule has 3 amide bonds. The number of nitrogens with one attached hydrogen (secondary N) is 1. The van der Waals surface area contributed by atoms with Gasteiger partial charge in [-0.2, -0.15) is 0 Å². The first-order valence-electron chi connectivity index (χ1n) is 15.6. The lowest BCUT2D eigenvalue weighted by Gasteiger charge is -2.24. The first-order chi connectivity index (χ1) is 22.1. The van der Waals surface area contributed by atoms with E-state index >= 15 is 0 Å². The Morgan fingerprint density at radius 2 is 1.59 bits per heavy atom. The van der Waals surface area contributed by atoms with Crippen molar-refractivity contribution in [1.29, 1.82) is 0 Å². The highest BCUT2D eigenvalue weighted by Crippen LogP contribution is 2.44. The number of carbonyl (C=O) groups is 4. The summed E-state index contributed by atoms with van der Waals surface area (Å²) in [6, 6.07) is 22.6. The molecule has 0 spiro atoms. The van der Waals surface area contributed by atoms with Crippen molar-refractivity contribution in [3.63, 3.8) is 0 Å². The van der Waals surface area contributed by atoms with E-state index in [1.54, 1.807) is 56.4 Å². The molecule has 238 valence electrons. The highest BCUT2D eigenvalue weighted by molar-refractivity contribution is 6.03. The highest BCUT2D eigenvalue weighted by Gasteiger charge is 2.28. The lowest BCUT2D eigenvalue weighted by atomic mass is 9.82. The van der Waals surface area contributed by atoms with Crippen molar-refractivity contribution >= 4 is 46.4 Å². The quantitative estimate of drug-likeness (QED) is 0.213. The van der Waals surface area contributed by atoms with Gasteiger partial charge in [0, 0.05) is 43.9 Å². The van der Waals surface area contributed by atoms with E-state index in [1.807, 2.05) is 30.3 Å². The molecule has 4 aromatic rings. The van der Waals surface area contributed by atoms with Crippen molar-refractivity contribution in [2.24, 2.45) is 0 Å². The molecule has 1 aliphatic carbocycles. The monoisotopic (exact) mass is 620 g/mol. The average Bonchev–Trinajstić information content (AvgIpc) is 3.39. The van der Waals surface area contributed by atoms with E-state index in [2.05, 4.69) is 22.0 Å². The summed E-state index contributed by atoms with van der Waals surface area (Å²) in [6.07, 6.45) is 8.24. The molecule has 0 saturated heterocycles. The van der Waals surface area contributed by atoms with Crippen molar-refractivity contribution < 1.29 is 24.3 Å². The number of rotatable bonds is 10. The summed E-state index contributed by atoms with van der Waals surface area (Å²) in [6.45, 7) is -0.0730. The maximum atomic E-state index is 13.4. The van der Waals surface area contributed by atoms with Crippen LogP contribution in [-0.4, -0.2) is 66.0 Å². The molecule has 2 N–H and O–H groups in total. The van der Waals surface area contributed by atoms with Gasteiger partial charge in [0.05, 0.1) is 17.8 Å². The van der Waals surface area contributed by atoms with Crippen LogP contribution in [0.3, 0.4) is 0 Å². The molecule has 0 radical (unpaired) electrons. The number of hydrogen-bond acceptors (Lipinski definition) is 4. The van der Waals surface area contributed by atoms with E-state index in [-0.39, 0.29) is 30.8 Å². The minimum atomic E-state index is -1.04. The molecule has 1 aliphatic rings. The van der Waals surface area contributed by atoms with Gasteiger partial charge in [-0.05, 0) is 65.8 Å². The topological polar surface area (TPSA) is 112 Å². The summed E-state index contributed by atoms with van der Waals surface area (Å²) >= 11 is 0. The molecule has 9 heteroatoms. The Labute approximate surface area is 269 Å². The number of aliphatic carboxylic acids is 1. The Morgan fingerprint density at radius 1 is 0.891 bits per heavy atom. The van der Waals surface area contributed by atoms with Gasteiger partial charge in [0.2, 0.25) is 11.8 Å². The smallest absolute Gasteiger partial charge is 0.328 e. The number of aromatic nitrogens is 1. The number of nitrogens with zero attached hydrogens (tertiary/aromatic N) is 3. The van der Waals surface area contributed by atoms with Gasteiger partial charge in [0.1, 0.15) is 6.54 Å². The molecule has 5 rings (SSSR count). The second-order valence-electron chi connectivity index (χ2n) is 12.0. The molecular weight excluding hydrogens is 580 g/mol. The van der Waals surface area contributed by atoms with Gasteiger partial charge in [-0.1, -0.05) is 67.8 Å². The van der Waals surface area contributed by atoms with E-state index < -0.39 is 5.97 Å². The fraction of sp³-hybridized carbons (Fsp3) is 0.297. The number of carboxylic acids is 1. The van der Waals surface area contributed by atoms with Gasteiger partial charge in [-0.3, -0.25) is 14.4 Å². The van der Waals surface area contributed by atoms with E-state index in [0.717, 1.165) is 53.9 Å². The third-order valence-corrected chi connectivity index (χ3v) is 8.69. The zero-order valence-electron chi connectivity index (χ0n) is 26.5. The molecular formula is C37H40N4O5. The fourth-order valence-electron chi connectivity index (χ4n) is 6.17. The van der Waals surface area contributed by atoms with Gasteiger partial charge in [0.25, 0.3) is 5.91 Å². The number of likely N-dealkylation sites (N-methyl/N-ethyl adjacent to an activating group) is 2. The zero-order valence-corrected chi connectivity index (χ0v) is 26.5. The van der Waals surface area contributed by atoms with Crippen molar-refractivity contribution in [3.05, 3.63) is 95.6 Å². The number of carboxylic acid groups (broad SMARTS) is 1. The summed E-state index contributed by atoms with van der Waals surface area (Å²) in [7, 11) is 5.11. The molecule has 1 fully saturated rings. The maximum Gasteiger partial charge on any atom is 0.328 e. The fourth-order valence-corrected chi connectivity index (χ4v) is 6.17. The summed E-state index contributed by atoms with van der Waals surface area (Å²) in [4.78, 5) is 53.3. The number of anilines is 1. The van der Waals surface area contributed by atoms with Crippen LogP contribution >= 0.6 is 0 Å². The van der Waals surface area contributed by atoms with Crippen LogP contribution in [-0.2, 0) is 20.9 Å². The molecule has 46 heavy (non-hydrogen) atoms. The normalized spacial score (nSPS) is 13.5. The van der Waals surface area contributed by atoms with Crippen LogP contribution in [0.5, 0.6) is 0 Å². The van der Waals surface area contributed by atoms with Gasteiger partial charge in [-0.15, -0.1) is 0 Å². The number of amides is 3. The van der Waals surface area contributed by atoms with Crippen molar-refractivity contribution in [1.82, 2.24) is 14.8 Å². The molecule has 1 saturated carbocycles. The van der Waals surface area contributed by atoms with E-state index in [4.69, 9.17) is 5.11 Å². The molecule has 0 atom stereocenters. The lowest BCUT2D eigenvalue weighted by molar-refractivity contribution is -0.131. The standard InChI is InChI=1S/C37H40N4O5/c1-39(2)33(43)24-41-31-22-28(37(46)38-23-32(42)40(3)29-18-14-25(15-19-29)16-21-34(44)45)17-20-30(31)35(26-10-6-4-7-11-26)36(41)27-12-8-5-9-13-27/h5,8-9,12-22,26H,4,6-7,10-11,23-24H2,1-3H3,(H,38,46)(H,44,45)/b21-16+. The molecule has 1 heterocycles. The van der Waals surface area contributed by atoms with Crippen LogP contribution < -0.4 is 10.2 Å². The third-order valence-electron chi connectivity index (χ3n) is 8.69. The second kappa shape index (κ2) is 14.3. The Bertz CT molecular complexity index is 1770. The van der Waals surface area contributed by atoms with Crippen LogP contribution in [0.1, 0.15) is 59.5 Å². The maximum absolute atomic E-state index is 13.4. The zero-order chi connectivity index (χ0) is 32.8. The Morgan fingerprint density at radius 3 is 2.24 bits per heavy atom. The molecule has 1 aromatic heterocycles. The van der Waals surface area contributed by atoms with Crippen molar-refractivity contribution in [2.45, 2.75) is 44.6 Å². The number of benzene rings is 3. The molecule has 9 nitrogen and oxygen atoms in total. The Hall–Kier alpha value is -5.18. The molecule has 0 unspecified atom stereocenters. The summed E-state index contributed by atoms with van der Waals surface area (Å²) in [5.41, 5.74) is 5.83. The minimum Gasteiger partial charge on any atom is -0.478 e. The van der Waals surface area contributed by atoms with Gasteiger partial charge < -0.3 is 24.8 Å². The second-order valence-corrected chi connectivity index (χ2v) is 12.0. The van der Waals surface area contributed by atoms with E-state index in [9.17, 15) is 19.2 Å². The Kier molecular flexibility index (Phi) is 10.0. The summed E-state index contributed by atoms with van der Waals surface area (Å²) in [5.74, 6) is -1.42. The van der Waals surface area contributed by atoms with Gasteiger partial charge in [-0.25, -0.2) is 4.79 Å². The van der Waals surface area contributed by atoms with E-state index in [0.29, 0.717) is 22.7 Å².